The van der Waals surface area contributed by atoms with E-state index in [1.54, 1.807) is 0 Å². The first-order chi connectivity index (χ1) is 9.15. The SMILES string of the molecule is CCN(CC)Cc1cn(CC(=O)O)c2ccccc12. The van der Waals surface area contributed by atoms with E-state index in [1.807, 2.05) is 29.0 Å². The molecule has 19 heavy (non-hydrogen) atoms. The lowest BCUT2D eigenvalue weighted by molar-refractivity contribution is -0.137. The van der Waals surface area contributed by atoms with Crippen molar-refractivity contribution in [3.63, 3.8) is 0 Å². The fraction of sp³-hybridized carbons (Fsp3) is 0.400. The average Bonchev–Trinajstić information content (AvgIpc) is 2.74. The van der Waals surface area contributed by atoms with Crippen LogP contribution in [0.15, 0.2) is 30.5 Å². The third kappa shape index (κ3) is 2.96. The number of fused-ring (bicyclic) bond motifs is 1. The molecule has 0 spiro atoms. The molecule has 0 aliphatic rings. The summed E-state index contributed by atoms with van der Waals surface area (Å²) in [5.41, 5.74) is 2.19. The number of aliphatic carboxylic acids is 1. The minimum absolute atomic E-state index is 0.0127. The van der Waals surface area contributed by atoms with Gasteiger partial charge in [0.05, 0.1) is 0 Å². The summed E-state index contributed by atoms with van der Waals surface area (Å²) < 4.78 is 1.82. The lowest BCUT2D eigenvalue weighted by atomic mass is 10.1. The van der Waals surface area contributed by atoms with Gasteiger partial charge in [0, 0.05) is 23.6 Å². The Morgan fingerprint density at radius 3 is 2.58 bits per heavy atom. The van der Waals surface area contributed by atoms with E-state index in [2.05, 4.69) is 24.8 Å². The summed E-state index contributed by atoms with van der Waals surface area (Å²) in [6, 6.07) is 7.98. The van der Waals surface area contributed by atoms with Crippen molar-refractivity contribution in [2.45, 2.75) is 26.9 Å². The van der Waals surface area contributed by atoms with Crippen LogP contribution in [-0.4, -0.2) is 33.6 Å². The molecule has 1 aromatic carbocycles. The number of carbonyl (C=O) groups is 1. The van der Waals surface area contributed by atoms with Crippen LogP contribution in [0.3, 0.4) is 0 Å². The second kappa shape index (κ2) is 5.89. The topological polar surface area (TPSA) is 45.5 Å². The van der Waals surface area contributed by atoms with Gasteiger partial charge in [-0.05, 0) is 24.7 Å². The molecule has 102 valence electrons. The predicted molar refractivity (Wildman–Crippen MR) is 76.2 cm³/mol. The van der Waals surface area contributed by atoms with Crippen molar-refractivity contribution in [2.75, 3.05) is 13.1 Å². The molecule has 0 radical (unpaired) electrons. The number of benzene rings is 1. The minimum Gasteiger partial charge on any atom is -0.480 e. The monoisotopic (exact) mass is 260 g/mol. The first-order valence-corrected chi connectivity index (χ1v) is 6.66. The molecule has 0 fully saturated rings. The van der Waals surface area contributed by atoms with E-state index in [0.717, 1.165) is 30.5 Å². The number of para-hydroxylation sites is 1. The smallest absolute Gasteiger partial charge is 0.323 e. The molecular weight excluding hydrogens is 240 g/mol. The zero-order valence-corrected chi connectivity index (χ0v) is 11.5. The van der Waals surface area contributed by atoms with Crippen LogP contribution in [0.5, 0.6) is 0 Å². The summed E-state index contributed by atoms with van der Waals surface area (Å²) in [5, 5.41) is 10.1. The highest BCUT2D eigenvalue weighted by atomic mass is 16.4. The number of carboxylic acids is 1. The van der Waals surface area contributed by atoms with Crippen LogP contribution >= 0.6 is 0 Å². The molecule has 0 aliphatic heterocycles. The summed E-state index contributed by atoms with van der Waals surface area (Å²) in [7, 11) is 0. The van der Waals surface area contributed by atoms with Crippen molar-refractivity contribution in [3.8, 4) is 0 Å². The van der Waals surface area contributed by atoms with E-state index in [-0.39, 0.29) is 6.54 Å². The van der Waals surface area contributed by atoms with Gasteiger partial charge < -0.3 is 9.67 Å². The highest BCUT2D eigenvalue weighted by molar-refractivity contribution is 5.85. The standard InChI is InChI=1S/C15H20N2O2/c1-3-16(4-2)9-12-10-17(11-15(18)19)14-8-6-5-7-13(12)14/h5-8,10H,3-4,9,11H2,1-2H3,(H,18,19). The van der Waals surface area contributed by atoms with Gasteiger partial charge in [-0.1, -0.05) is 32.0 Å². The zero-order chi connectivity index (χ0) is 13.8. The summed E-state index contributed by atoms with van der Waals surface area (Å²) in [6.07, 6.45) is 1.97. The van der Waals surface area contributed by atoms with E-state index in [4.69, 9.17) is 5.11 Å². The highest BCUT2D eigenvalue weighted by Crippen LogP contribution is 2.22. The van der Waals surface area contributed by atoms with Crippen molar-refractivity contribution >= 4 is 16.9 Å². The van der Waals surface area contributed by atoms with Crippen molar-refractivity contribution in [3.05, 3.63) is 36.0 Å². The molecule has 2 aromatic rings. The van der Waals surface area contributed by atoms with Crippen LogP contribution in [0, 0.1) is 0 Å². The third-order valence-electron chi connectivity index (χ3n) is 3.47. The van der Waals surface area contributed by atoms with Crippen LogP contribution in [-0.2, 0) is 17.9 Å². The maximum Gasteiger partial charge on any atom is 0.323 e. The van der Waals surface area contributed by atoms with E-state index in [1.165, 1.54) is 5.56 Å². The Morgan fingerprint density at radius 2 is 1.95 bits per heavy atom. The van der Waals surface area contributed by atoms with Crippen molar-refractivity contribution in [2.24, 2.45) is 0 Å². The van der Waals surface area contributed by atoms with E-state index < -0.39 is 5.97 Å². The Hall–Kier alpha value is -1.81. The Kier molecular flexibility index (Phi) is 4.22. The fourth-order valence-corrected chi connectivity index (χ4v) is 2.41. The fourth-order valence-electron chi connectivity index (χ4n) is 2.41. The number of rotatable bonds is 6. The molecule has 0 atom stereocenters. The van der Waals surface area contributed by atoms with Crippen molar-refractivity contribution < 1.29 is 9.90 Å². The minimum atomic E-state index is -0.810. The van der Waals surface area contributed by atoms with Gasteiger partial charge in [-0.25, -0.2) is 0 Å². The van der Waals surface area contributed by atoms with E-state index in [9.17, 15) is 4.79 Å². The summed E-state index contributed by atoms with van der Waals surface area (Å²) in [5.74, 6) is -0.810. The molecule has 1 heterocycles. The molecule has 2 rings (SSSR count). The summed E-state index contributed by atoms with van der Waals surface area (Å²) in [6.45, 7) is 7.14. The molecule has 0 unspecified atom stereocenters. The second-order valence-electron chi connectivity index (χ2n) is 4.65. The van der Waals surface area contributed by atoms with Crippen LogP contribution in [0.1, 0.15) is 19.4 Å². The number of nitrogens with zero attached hydrogens (tertiary/aromatic N) is 2. The third-order valence-corrected chi connectivity index (χ3v) is 3.47. The number of carboxylic acid groups (broad SMARTS) is 1. The van der Waals surface area contributed by atoms with Crippen LogP contribution in [0.4, 0.5) is 0 Å². The van der Waals surface area contributed by atoms with Gasteiger partial charge in [-0.2, -0.15) is 0 Å². The number of hydrogen-bond acceptors (Lipinski definition) is 2. The van der Waals surface area contributed by atoms with Gasteiger partial charge in [0.1, 0.15) is 6.54 Å². The summed E-state index contributed by atoms with van der Waals surface area (Å²) >= 11 is 0. The first kappa shape index (κ1) is 13.6. The van der Waals surface area contributed by atoms with Gasteiger partial charge in [0.15, 0.2) is 0 Å². The van der Waals surface area contributed by atoms with Crippen LogP contribution in [0.25, 0.3) is 10.9 Å². The van der Waals surface area contributed by atoms with Gasteiger partial charge in [-0.3, -0.25) is 9.69 Å². The Bertz CT molecular complexity index is 571. The number of hydrogen-bond donors (Lipinski definition) is 1. The maximum absolute atomic E-state index is 10.9. The van der Waals surface area contributed by atoms with Gasteiger partial charge in [0.25, 0.3) is 0 Å². The van der Waals surface area contributed by atoms with Crippen LogP contribution < -0.4 is 0 Å². The quantitative estimate of drug-likeness (QED) is 0.868. The van der Waals surface area contributed by atoms with Crippen molar-refractivity contribution in [1.29, 1.82) is 0 Å². The van der Waals surface area contributed by atoms with Crippen molar-refractivity contribution in [1.82, 2.24) is 9.47 Å². The zero-order valence-electron chi connectivity index (χ0n) is 11.5. The van der Waals surface area contributed by atoms with Gasteiger partial charge in [-0.15, -0.1) is 0 Å². The van der Waals surface area contributed by atoms with E-state index >= 15 is 0 Å². The predicted octanol–water partition coefficient (Wildman–Crippen LogP) is 2.57. The highest BCUT2D eigenvalue weighted by Gasteiger charge is 2.11. The van der Waals surface area contributed by atoms with Crippen LogP contribution in [0.2, 0.25) is 0 Å². The molecule has 1 aromatic heterocycles. The molecule has 0 saturated heterocycles. The maximum atomic E-state index is 10.9. The molecule has 4 nitrogen and oxygen atoms in total. The lowest BCUT2D eigenvalue weighted by Gasteiger charge is -2.17. The molecule has 1 N–H and O–H groups in total. The largest absolute Gasteiger partial charge is 0.480 e. The number of aromatic nitrogens is 1. The normalized spacial score (nSPS) is 11.3. The van der Waals surface area contributed by atoms with E-state index in [0.29, 0.717) is 0 Å². The Morgan fingerprint density at radius 1 is 1.26 bits per heavy atom. The average molecular weight is 260 g/mol. The first-order valence-electron chi connectivity index (χ1n) is 6.66. The molecule has 0 amide bonds. The molecule has 4 heteroatoms. The molecular formula is C15H20N2O2. The molecule has 0 aliphatic carbocycles. The Labute approximate surface area is 113 Å². The molecule has 0 bridgehead atoms. The van der Waals surface area contributed by atoms with Gasteiger partial charge in [0.2, 0.25) is 0 Å². The second-order valence-corrected chi connectivity index (χ2v) is 4.65. The Balaban J connectivity index is 2.40. The summed E-state index contributed by atoms with van der Waals surface area (Å²) in [4.78, 5) is 13.3. The van der Waals surface area contributed by atoms with Gasteiger partial charge >= 0.3 is 5.97 Å². The lowest BCUT2D eigenvalue weighted by Crippen LogP contribution is -2.21. The molecule has 0 saturated carbocycles.